The van der Waals surface area contributed by atoms with Crippen LogP contribution in [-0.2, 0) is 0 Å². The maximum absolute atomic E-state index is 5.45. The van der Waals surface area contributed by atoms with Crippen LogP contribution >= 0.6 is 45.3 Å². The number of rotatable bonds is 3. The van der Waals surface area contributed by atoms with Crippen molar-refractivity contribution in [2.75, 3.05) is 0 Å². The molecule has 0 radical (unpaired) electrons. The first-order valence-electron chi connectivity index (χ1n) is 6.64. The molecule has 0 aliphatic rings. The van der Waals surface area contributed by atoms with Crippen LogP contribution in [0.3, 0.4) is 0 Å². The second-order valence-corrected chi connectivity index (χ2v) is 8.81. The average Bonchev–Trinajstić information content (AvgIpc) is 3.33. The van der Waals surface area contributed by atoms with Crippen molar-refractivity contribution in [2.24, 2.45) is 0 Å². The molecule has 0 amide bonds. The minimum Gasteiger partial charge on any atom is -0.143 e. The van der Waals surface area contributed by atoms with Gasteiger partial charge in [0.1, 0.15) is 0 Å². The van der Waals surface area contributed by atoms with Gasteiger partial charge in [-0.1, -0.05) is 12.0 Å². The van der Waals surface area contributed by atoms with Gasteiger partial charge >= 0.3 is 0 Å². The van der Waals surface area contributed by atoms with Crippen LogP contribution in [0.4, 0.5) is 0 Å². The lowest BCUT2D eigenvalue weighted by Crippen LogP contribution is -1.58. The normalized spacial score (nSPS) is 10.7. The fraction of sp³-hybridized carbons (Fsp3) is 0. The molecule has 0 nitrogen and oxygen atoms in total. The molecule has 4 heterocycles. The molecule has 106 valence electrons. The number of hydrogen-bond donors (Lipinski definition) is 0. The molecule has 0 aromatic carbocycles. The van der Waals surface area contributed by atoms with E-state index in [4.69, 9.17) is 6.42 Å². The van der Waals surface area contributed by atoms with Gasteiger partial charge in [-0.25, -0.2) is 0 Å². The van der Waals surface area contributed by atoms with Crippen LogP contribution in [0, 0.1) is 12.3 Å². The van der Waals surface area contributed by atoms with E-state index < -0.39 is 0 Å². The first kappa shape index (κ1) is 14.0. The van der Waals surface area contributed by atoms with Gasteiger partial charge < -0.3 is 0 Å². The molecule has 0 aliphatic carbocycles. The molecule has 0 N–H and O–H groups in total. The zero-order valence-corrected chi connectivity index (χ0v) is 14.7. The lowest BCUT2D eigenvalue weighted by molar-refractivity contribution is 1.89. The third-order valence-electron chi connectivity index (χ3n) is 3.21. The summed E-state index contributed by atoms with van der Waals surface area (Å²) in [6.07, 6.45) is 5.45. The van der Waals surface area contributed by atoms with Crippen molar-refractivity contribution in [3.05, 3.63) is 58.8 Å². The Bertz CT molecular complexity index is 941. The van der Waals surface area contributed by atoms with Crippen LogP contribution in [0.15, 0.2) is 53.9 Å². The van der Waals surface area contributed by atoms with Gasteiger partial charge in [0.25, 0.3) is 0 Å². The molecule has 4 rings (SSSR count). The van der Waals surface area contributed by atoms with Crippen molar-refractivity contribution in [1.29, 1.82) is 0 Å². The monoisotopic (exact) mass is 354 g/mol. The van der Waals surface area contributed by atoms with E-state index in [9.17, 15) is 0 Å². The topological polar surface area (TPSA) is 0 Å². The SMILES string of the molecule is C#Cc1ccc(-c2ccc(-c3ccc(-c4cccs4)s3)s2)s1. The summed E-state index contributed by atoms with van der Waals surface area (Å²) < 4.78 is 0. The highest BCUT2D eigenvalue weighted by Gasteiger charge is 2.10. The van der Waals surface area contributed by atoms with Crippen molar-refractivity contribution < 1.29 is 0 Å². The van der Waals surface area contributed by atoms with E-state index in [1.165, 1.54) is 29.3 Å². The lowest BCUT2D eigenvalue weighted by atomic mass is 10.3. The van der Waals surface area contributed by atoms with E-state index in [2.05, 4.69) is 53.8 Å². The highest BCUT2D eigenvalue weighted by Crippen LogP contribution is 2.42. The van der Waals surface area contributed by atoms with Crippen molar-refractivity contribution in [2.45, 2.75) is 0 Å². The van der Waals surface area contributed by atoms with Gasteiger partial charge in [0.05, 0.1) is 4.88 Å². The number of thiophene rings is 4. The lowest BCUT2D eigenvalue weighted by Gasteiger charge is -1.91. The Balaban J connectivity index is 1.66. The van der Waals surface area contributed by atoms with Crippen LogP contribution < -0.4 is 0 Å². The molecule has 0 atom stereocenters. The molecule has 0 spiro atoms. The summed E-state index contributed by atoms with van der Waals surface area (Å²) >= 11 is 7.15. The Morgan fingerprint density at radius 1 is 0.636 bits per heavy atom. The molecule has 0 bridgehead atoms. The maximum atomic E-state index is 5.45. The molecule has 0 aliphatic heterocycles. The zero-order valence-electron chi connectivity index (χ0n) is 11.4. The number of terminal acetylenes is 1. The molecule has 0 unspecified atom stereocenters. The fourth-order valence-corrected chi connectivity index (χ4v) is 6.02. The van der Waals surface area contributed by atoms with E-state index in [1.54, 1.807) is 22.7 Å². The minimum absolute atomic E-state index is 0.987. The molecule has 0 saturated heterocycles. The van der Waals surface area contributed by atoms with Gasteiger partial charge in [0.15, 0.2) is 0 Å². The van der Waals surface area contributed by atoms with Crippen LogP contribution in [0.1, 0.15) is 4.88 Å². The second kappa shape index (κ2) is 5.86. The summed E-state index contributed by atoms with van der Waals surface area (Å²) in [5.41, 5.74) is 0. The molecule has 0 saturated carbocycles. The average molecular weight is 355 g/mol. The van der Waals surface area contributed by atoms with Crippen LogP contribution in [0.5, 0.6) is 0 Å². The summed E-state index contributed by atoms with van der Waals surface area (Å²) in [5, 5.41) is 2.12. The fourth-order valence-electron chi connectivity index (χ4n) is 2.17. The van der Waals surface area contributed by atoms with Crippen molar-refractivity contribution >= 4 is 45.3 Å². The van der Waals surface area contributed by atoms with Gasteiger partial charge in [-0.05, 0) is 47.8 Å². The van der Waals surface area contributed by atoms with Gasteiger partial charge in [0.2, 0.25) is 0 Å². The maximum Gasteiger partial charge on any atom is 0.0772 e. The summed E-state index contributed by atoms with van der Waals surface area (Å²) in [6.45, 7) is 0. The zero-order chi connectivity index (χ0) is 14.9. The molecule has 4 aromatic rings. The standard InChI is InChI=1S/C18H10S4/c1-2-12-5-6-15(20-12)16-9-10-18(22-16)17-8-7-14(21-17)13-4-3-11-19-13/h1,3-11H. The summed E-state index contributed by atoms with van der Waals surface area (Å²) in [6, 6.07) is 17.2. The predicted octanol–water partition coefficient (Wildman–Crippen LogP) is 6.91. The highest BCUT2D eigenvalue weighted by atomic mass is 32.1. The van der Waals surface area contributed by atoms with Crippen molar-refractivity contribution in [3.8, 4) is 41.6 Å². The van der Waals surface area contributed by atoms with Crippen molar-refractivity contribution in [1.82, 2.24) is 0 Å². The third-order valence-corrected chi connectivity index (χ3v) is 7.85. The first-order chi connectivity index (χ1) is 10.8. The summed E-state index contributed by atoms with van der Waals surface area (Å²) in [5.74, 6) is 2.70. The van der Waals surface area contributed by atoms with E-state index in [0.717, 1.165) is 4.88 Å². The Labute approximate surface area is 145 Å². The van der Waals surface area contributed by atoms with E-state index in [0.29, 0.717) is 0 Å². The van der Waals surface area contributed by atoms with Gasteiger partial charge in [0, 0.05) is 29.3 Å². The largest absolute Gasteiger partial charge is 0.143 e. The Morgan fingerprint density at radius 3 is 1.68 bits per heavy atom. The quantitative estimate of drug-likeness (QED) is 0.350. The summed E-state index contributed by atoms with van der Waals surface area (Å²) in [7, 11) is 0. The minimum atomic E-state index is 0.987. The third kappa shape index (κ3) is 2.57. The van der Waals surface area contributed by atoms with Crippen LogP contribution in [0.25, 0.3) is 29.3 Å². The van der Waals surface area contributed by atoms with E-state index in [1.807, 2.05) is 28.7 Å². The Hall–Kier alpha value is -1.64. The molecular weight excluding hydrogens is 344 g/mol. The van der Waals surface area contributed by atoms with Crippen LogP contribution in [0.2, 0.25) is 0 Å². The van der Waals surface area contributed by atoms with Gasteiger partial charge in [-0.15, -0.1) is 51.8 Å². The Morgan fingerprint density at radius 2 is 1.18 bits per heavy atom. The molecule has 4 heteroatoms. The first-order valence-corrected chi connectivity index (χ1v) is 9.97. The molecule has 0 fully saturated rings. The predicted molar refractivity (Wildman–Crippen MR) is 102 cm³/mol. The molecule has 4 aromatic heterocycles. The van der Waals surface area contributed by atoms with Crippen molar-refractivity contribution in [3.63, 3.8) is 0 Å². The van der Waals surface area contributed by atoms with E-state index in [-0.39, 0.29) is 0 Å². The molecular formula is C18H10S4. The Kier molecular flexibility index (Phi) is 3.73. The van der Waals surface area contributed by atoms with E-state index >= 15 is 0 Å². The van der Waals surface area contributed by atoms with Crippen LogP contribution in [-0.4, -0.2) is 0 Å². The van der Waals surface area contributed by atoms with Gasteiger partial charge in [-0.3, -0.25) is 0 Å². The molecule has 22 heavy (non-hydrogen) atoms. The second-order valence-electron chi connectivity index (χ2n) is 4.61. The van der Waals surface area contributed by atoms with Gasteiger partial charge in [-0.2, -0.15) is 0 Å². The smallest absolute Gasteiger partial charge is 0.0772 e. The number of hydrogen-bond acceptors (Lipinski definition) is 4. The highest BCUT2D eigenvalue weighted by molar-refractivity contribution is 7.28. The summed E-state index contributed by atoms with van der Waals surface area (Å²) in [4.78, 5) is 8.84.